The fraction of sp³-hybridized carbons (Fsp3) is 0.600. The predicted octanol–water partition coefficient (Wildman–Crippen LogP) is 2.00. The SMILES string of the molecule is CCOC(=O)C(=O)C1CN(C(=O)OC(C)(C)C)C=C(C(F)(F)F)C1=O. The van der Waals surface area contributed by atoms with Crippen molar-refractivity contribution in [1.82, 2.24) is 4.90 Å². The van der Waals surface area contributed by atoms with Crippen molar-refractivity contribution in [3.05, 3.63) is 11.8 Å². The van der Waals surface area contributed by atoms with Gasteiger partial charge in [0.1, 0.15) is 17.1 Å². The number of nitrogens with zero attached hydrogens (tertiary/aromatic N) is 1. The van der Waals surface area contributed by atoms with Gasteiger partial charge in [0.25, 0.3) is 5.78 Å². The molecule has 25 heavy (non-hydrogen) atoms. The summed E-state index contributed by atoms with van der Waals surface area (Å²) in [6.45, 7) is 4.94. The summed E-state index contributed by atoms with van der Waals surface area (Å²) in [5, 5.41) is 0. The van der Waals surface area contributed by atoms with Gasteiger partial charge in [0, 0.05) is 12.7 Å². The molecule has 0 saturated carbocycles. The van der Waals surface area contributed by atoms with E-state index in [4.69, 9.17) is 4.74 Å². The first kappa shape index (κ1) is 20.7. The van der Waals surface area contributed by atoms with Crippen LogP contribution in [-0.4, -0.2) is 53.5 Å². The normalized spacial score (nSPS) is 18.5. The van der Waals surface area contributed by atoms with E-state index in [-0.39, 0.29) is 12.8 Å². The van der Waals surface area contributed by atoms with Gasteiger partial charge in [0.2, 0.25) is 0 Å². The van der Waals surface area contributed by atoms with E-state index in [1.165, 1.54) is 27.7 Å². The second-order valence-electron chi connectivity index (χ2n) is 6.17. The van der Waals surface area contributed by atoms with Crippen molar-refractivity contribution >= 4 is 23.6 Å². The van der Waals surface area contributed by atoms with Crippen LogP contribution in [0.2, 0.25) is 0 Å². The van der Waals surface area contributed by atoms with E-state index < -0.39 is 53.4 Å². The molecule has 1 aliphatic heterocycles. The number of ketones is 2. The van der Waals surface area contributed by atoms with Crippen molar-refractivity contribution in [3.8, 4) is 0 Å². The zero-order valence-electron chi connectivity index (χ0n) is 14.1. The Hall–Kier alpha value is -2.39. The van der Waals surface area contributed by atoms with Gasteiger partial charge in [-0.15, -0.1) is 0 Å². The average molecular weight is 365 g/mol. The van der Waals surface area contributed by atoms with Gasteiger partial charge in [0.15, 0.2) is 5.78 Å². The number of alkyl halides is 3. The number of carbonyl (C=O) groups excluding carboxylic acids is 4. The third-order valence-corrected chi connectivity index (χ3v) is 2.97. The first-order valence-electron chi connectivity index (χ1n) is 7.31. The van der Waals surface area contributed by atoms with Gasteiger partial charge in [-0.25, -0.2) is 9.59 Å². The third-order valence-electron chi connectivity index (χ3n) is 2.97. The maximum atomic E-state index is 13.1. The van der Waals surface area contributed by atoms with E-state index in [0.717, 1.165) is 0 Å². The Morgan fingerprint density at radius 2 is 1.80 bits per heavy atom. The van der Waals surface area contributed by atoms with Gasteiger partial charge < -0.3 is 9.47 Å². The number of amides is 1. The van der Waals surface area contributed by atoms with Crippen LogP contribution in [-0.2, 0) is 23.9 Å². The lowest BCUT2D eigenvalue weighted by molar-refractivity contribution is -0.158. The number of halogens is 3. The second-order valence-corrected chi connectivity index (χ2v) is 6.17. The number of Topliss-reactive ketones (excluding diaryl/α,β-unsaturated/α-hetero) is 2. The number of allylic oxidation sites excluding steroid dienone is 1. The third kappa shape index (κ3) is 5.30. The van der Waals surface area contributed by atoms with Crippen molar-refractivity contribution in [2.24, 2.45) is 5.92 Å². The number of hydrogen-bond donors (Lipinski definition) is 0. The zero-order chi connectivity index (χ0) is 19.6. The molecule has 0 radical (unpaired) electrons. The van der Waals surface area contributed by atoms with Crippen molar-refractivity contribution in [1.29, 1.82) is 0 Å². The minimum Gasteiger partial charge on any atom is -0.460 e. The molecule has 1 aliphatic rings. The van der Waals surface area contributed by atoms with Gasteiger partial charge in [0.05, 0.1) is 6.61 Å². The van der Waals surface area contributed by atoms with Crippen LogP contribution in [0.3, 0.4) is 0 Å². The largest absolute Gasteiger partial charge is 0.460 e. The zero-order valence-corrected chi connectivity index (χ0v) is 14.1. The van der Waals surface area contributed by atoms with E-state index in [1.807, 2.05) is 0 Å². The summed E-state index contributed by atoms with van der Waals surface area (Å²) in [5.74, 6) is -6.48. The quantitative estimate of drug-likeness (QED) is 0.432. The van der Waals surface area contributed by atoms with Crippen molar-refractivity contribution in [3.63, 3.8) is 0 Å². The molecule has 0 aromatic heterocycles. The molecular formula is C15H18F3NO6. The number of hydrogen-bond acceptors (Lipinski definition) is 6. The van der Waals surface area contributed by atoms with E-state index in [0.29, 0.717) is 4.90 Å². The molecule has 1 unspecified atom stereocenters. The van der Waals surface area contributed by atoms with Crippen LogP contribution in [0, 0.1) is 5.92 Å². The van der Waals surface area contributed by atoms with Crippen LogP contribution < -0.4 is 0 Å². The van der Waals surface area contributed by atoms with Gasteiger partial charge in [-0.1, -0.05) is 0 Å². The van der Waals surface area contributed by atoms with Crippen LogP contribution in [0.5, 0.6) is 0 Å². The van der Waals surface area contributed by atoms with E-state index in [1.54, 1.807) is 0 Å². The summed E-state index contributed by atoms with van der Waals surface area (Å²) in [5.41, 5.74) is -2.72. The highest BCUT2D eigenvalue weighted by atomic mass is 19.4. The first-order valence-corrected chi connectivity index (χ1v) is 7.31. The molecule has 0 aliphatic carbocycles. The first-order chi connectivity index (χ1) is 11.3. The lowest BCUT2D eigenvalue weighted by atomic mass is 9.90. The molecule has 0 aromatic rings. The molecule has 1 heterocycles. The highest BCUT2D eigenvalue weighted by molar-refractivity contribution is 6.39. The summed E-state index contributed by atoms with van der Waals surface area (Å²) in [6.07, 6.45) is -6.00. The molecule has 0 spiro atoms. The molecular weight excluding hydrogens is 347 g/mol. The molecule has 0 aromatic carbocycles. The Kier molecular flexibility index (Phi) is 5.98. The van der Waals surface area contributed by atoms with Crippen molar-refractivity contribution < 1.29 is 41.8 Å². The highest BCUT2D eigenvalue weighted by Gasteiger charge is 2.49. The molecule has 0 bridgehead atoms. The van der Waals surface area contributed by atoms with Gasteiger partial charge >= 0.3 is 18.2 Å². The van der Waals surface area contributed by atoms with Crippen molar-refractivity contribution in [2.75, 3.05) is 13.2 Å². The second kappa shape index (κ2) is 7.24. The molecule has 140 valence electrons. The molecule has 1 rings (SSSR count). The fourth-order valence-electron chi connectivity index (χ4n) is 1.95. The molecule has 0 N–H and O–H groups in total. The molecule has 1 atom stereocenters. The van der Waals surface area contributed by atoms with Crippen molar-refractivity contribution in [2.45, 2.75) is 39.5 Å². The van der Waals surface area contributed by atoms with E-state index in [2.05, 4.69) is 4.74 Å². The van der Waals surface area contributed by atoms with Crippen LogP contribution in [0.15, 0.2) is 11.8 Å². The molecule has 0 fully saturated rings. The fourth-order valence-corrected chi connectivity index (χ4v) is 1.95. The van der Waals surface area contributed by atoms with Gasteiger partial charge in [-0.3, -0.25) is 14.5 Å². The number of ether oxygens (including phenoxy) is 2. The lowest BCUT2D eigenvalue weighted by Crippen LogP contribution is -2.48. The Balaban J connectivity index is 3.21. The summed E-state index contributed by atoms with van der Waals surface area (Å²) in [6, 6.07) is 0. The average Bonchev–Trinajstić information content (AvgIpc) is 2.43. The topological polar surface area (TPSA) is 90.0 Å². The number of rotatable bonds is 3. The Morgan fingerprint density at radius 1 is 1.24 bits per heavy atom. The lowest BCUT2D eigenvalue weighted by Gasteiger charge is -2.31. The molecule has 7 nitrogen and oxygen atoms in total. The van der Waals surface area contributed by atoms with Crippen LogP contribution in [0.4, 0.5) is 18.0 Å². The van der Waals surface area contributed by atoms with E-state index in [9.17, 15) is 32.3 Å². The maximum Gasteiger partial charge on any atom is 0.421 e. The molecule has 1 amide bonds. The van der Waals surface area contributed by atoms with Crippen LogP contribution in [0.25, 0.3) is 0 Å². The van der Waals surface area contributed by atoms with Crippen LogP contribution >= 0.6 is 0 Å². The monoisotopic (exact) mass is 365 g/mol. The standard InChI is InChI=1S/C15H18F3NO6/c1-5-24-12(22)11(21)8-6-19(13(23)25-14(2,3)4)7-9(10(8)20)15(16,17)18/h7-8H,5-6H2,1-4H3. The Labute approximate surface area is 141 Å². The molecule has 0 saturated heterocycles. The molecule has 10 heteroatoms. The smallest absolute Gasteiger partial charge is 0.421 e. The summed E-state index contributed by atoms with van der Waals surface area (Å²) in [7, 11) is 0. The number of esters is 1. The predicted molar refractivity (Wildman–Crippen MR) is 77.2 cm³/mol. The summed E-state index contributed by atoms with van der Waals surface area (Å²) in [4.78, 5) is 47.9. The van der Waals surface area contributed by atoms with E-state index >= 15 is 0 Å². The minimum absolute atomic E-state index is 0.191. The summed E-state index contributed by atoms with van der Waals surface area (Å²) < 4.78 is 48.5. The van der Waals surface area contributed by atoms with Gasteiger partial charge in [-0.2, -0.15) is 13.2 Å². The highest BCUT2D eigenvalue weighted by Crippen LogP contribution is 2.32. The Morgan fingerprint density at radius 3 is 2.24 bits per heavy atom. The van der Waals surface area contributed by atoms with Crippen LogP contribution in [0.1, 0.15) is 27.7 Å². The minimum atomic E-state index is -5.11. The van der Waals surface area contributed by atoms with Gasteiger partial charge in [-0.05, 0) is 27.7 Å². The number of carbonyl (C=O) groups is 4. The Bertz CT molecular complexity index is 618. The maximum absolute atomic E-state index is 13.1. The summed E-state index contributed by atoms with van der Waals surface area (Å²) >= 11 is 0.